The van der Waals surface area contributed by atoms with Crippen molar-refractivity contribution in [1.82, 2.24) is 5.32 Å². The Bertz CT molecular complexity index is 506. The number of alkyl halides is 1. The van der Waals surface area contributed by atoms with Crippen molar-refractivity contribution in [3.05, 3.63) is 28.0 Å². The normalized spacial score (nSPS) is 26.2. The summed E-state index contributed by atoms with van der Waals surface area (Å²) in [6.45, 7) is 2.20. The molecule has 0 atom stereocenters. The Hall–Kier alpha value is -1.37. The van der Waals surface area contributed by atoms with Crippen LogP contribution in [-0.4, -0.2) is 21.7 Å². The molecule has 1 N–H and O–H groups in total. The van der Waals surface area contributed by atoms with E-state index in [1.807, 2.05) is 0 Å². The molecule has 1 saturated carbocycles. The molecule has 2 rings (SSSR count). The molecule has 0 bridgehead atoms. The SMILES string of the molecule is CC1CCC(CBr)(NC(=O)c2ccc([N+](=O)[O-])o2)CC1. The zero-order valence-corrected chi connectivity index (χ0v) is 12.8. The van der Waals surface area contributed by atoms with Crippen molar-refractivity contribution in [2.75, 3.05) is 5.33 Å². The largest absolute Gasteiger partial charge is 0.433 e. The van der Waals surface area contributed by atoms with Crippen LogP contribution in [0.15, 0.2) is 16.5 Å². The lowest BCUT2D eigenvalue weighted by atomic mass is 9.78. The quantitative estimate of drug-likeness (QED) is 0.516. The van der Waals surface area contributed by atoms with Crippen LogP contribution in [0.5, 0.6) is 0 Å². The molecule has 1 aromatic heterocycles. The number of nitrogens with zero attached hydrogens (tertiary/aromatic N) is 1. The van der Waals surface area contributed by atoms with E-state index in [4.69, 9.17) is 4.42 Å². The molecule has 0 saturated heterocycles. The van der Waals surface area contributed by atoms with Crippen LogP contribution >= 0.6 is 15.9 Å². The molecule has 6 nitrogen and oxygen atoms in total. The van der Waals surface area contributed by atoms with Crippen molar-refractivity contribution in [1.29, 1.82) is 0 Å². The Morgan fingerprint density at radius 1 is 1.55 bits per heavy atom. The maximum atomic E-state index is 12.1. The van der Waals surface area contributed by atoms with Crippen LogP contribution in [-0.2, 0) is 0 Å². The lowest BCUT2D eigenvalue weighted by Crippen LogP contribution is -2.51. The predicted molar refractivity (Wildman–Crippen MR) is 77.0 cm³/mol. The molecular formula is C13H17BrN2O4. The van der Waals surface area contributed by atoms with E-state index in [0.29, 0.717) is 11.2 Å². The van der Waals surface area contributed by atoms with E-state index in [0.717, 1.165) is 25.7 Å². The molecule has 110 valence electrons. The minimum atomic E-state index is -0.653. The monoisotopic (exact) mass is 344 g/mol. The first kappa shape index (κ1) is 15.0. The third-order valence-corrected chi connectivity index (χ3v) is 4.93. The van der Waals surface area contributed by atoms with E-state index in [-0.39, 0.29) is 11.3 Å². The molecule has 1 aliphatic rings. The van der Waals surface area contributed by atoms with Gasteiger partial charge in [-0.3, -0.25) is 14.9 Å². The summed E-state index contributed by atoms with van der Waals surface area (Å²) in [6, 6.07) is 2.53. The fraction of sp³-hybridized carbons (Fsp3) is 0.615. The van der Waals surface area contributed by atoms with E-state index in [1.54, 1.807) is 0 Å². The second kappa shape index (κ2) is 5.95. The van der Waals surface area contributed by atoms with Gasteiger partial charge in [0, 0.05) is 5.33 Å². The number of carbonyl (C=O) groups excluding carboxylic acids is 1. The Labute approximate surface area is 125 Å². The number of hydrogen-bond donors (Lipinski definition) is 1. The molecule has 1 aliphatic carbocycles. The van der Waals surface area contributed by atoms with Crippen molar-refractivity contribution in [3.8, 4) is 0 Å². The number of halogens is 1. The van der Waals surface area contributed by atoms with Gasteiger partial charge in [0.25, 0.3) is 5.91 Å². The van der Waals surface area contributed by atoms with E-state index in [1.165, 1.54) is 12.1 Å². The van der Waals surface area contributed by atoms with Crippen LogP contribution in [0.3, 0.4) is 0 Å². The van der Waals surface area contributed by atoms with Crippen LogP contribution in [0, 0.1) is 16.0 Å². The summed E-state index contributed by atoms with van der Waals surface area (Å²) < 4.78 is 4.93. The number of amides is 1. The number of nitro groups is 1. The molecule has 0 radical (unpaired) electrons. The first-order chi connectivity index (χ1) is 9.46. The second-order valence-electron chi connectivity index (χ2n) is 5.45. The molecule has 1 heterocycles. The first-order valence-corrected chi connectivity index (χ1v) is 7.71. The van der Waals surface area contributed by atoms with E-state index in [9.17, 15) is 14.9 Å². The van der Waals surface area contributed by atoms with Gasteiger partial charge in [0.05, 0.1) is 11.6 Å². The average Bonchev–Trinajstić information content (AvgIpc) is 2.92. The zero-order valence-electron chi connectivity index (χ0n) is 11.2. The Morgan fingerprint density at radius 2 is 2.20 bits per heavy atom. The summed E-state index contributed by atoms with van der Waals surface area (Å²) in [5.41, 5.74) is -0.287. The predicted octanol–water partition coefficient (Wildman–Crippen LogP) is 3.26. The van der Waals surface area contributed by atoms with Crippen molar-refractivity contribution in [2.24, 2.45) is 5.92 Å². The van der Waals surface area contributed by atoms with Crippen LogP contribution in [0.4, 0.5) is 5.88 Å². The fourth-order valence-electron chi connectivity index (χ4n) is 2.46. The Morgan fingerprint density at radius 3 is 2.70 bits per heavy atom. The number of nitrogens with one attached hydrogen (secondary N) is 1. The van der Waals surface area contributed by atoms with Gasteiger partial charge in [-0.1, -0.05) is 22.9 Å². The Balaban J connectivity index is 2.07. The van der Waals surface area contributed by atoms with Crippen molar-refractivity contribution in [2.45, 2.75) is 38.1 Å². The standard InChI is InChI=1S/C13H17BrN2O4/c1-9-4-6-13(8-14,7-5-9)15-12(17)10-2-3-11(20-10)16(18)19/h2-3,9H,4-8H2,1H3,(H,15,17). The van der Waals surface area contributed by atoms with Gasteiger partial charge in [-0.05, 0) is 37.7 Å². The molecule has 1 fully saturated rings. The van der Waals surface area contributed by atoms with Crippen molar-refractivity contribution in [3.63, 3.8) is 0 Å². The molecule has 1 aromatic rings. The van der Waals surface area contributed by atoms with Gasteiger partial charge in [-0.25, -0.2) is 0 Å². The average molecular weight is 345 g/mol. The number of hydrogen-bond acceptors (Lipinski definition) is 4. The summed E-state index contributed by atoms with van der Waals surface area (Å²) >= 11 is 3.46. The second-order valence-corrected chi connectivity index (χ2v) is 6.01. The summed E-state index contributed by atoms with van der Waals surface area (Å²) in [6.07, 6.45) is 3.91. The third-order valence-electron chi connectivity index (χ3n) is 3.86. The molecular weight excluding hydrogens is 328 g/mol. The molecule has 0 aromatic carbocycles. The summed E-state index contributed by atoms with van der Waals surface area (Å²) in [5, 5.41) is 14.2. The van der Waals surface area contributed by atoms with Crippen LogP contribution in [0.25, 0.3) is 0 Å². The van der Waals surface area contributed by atoms with E-state index < -0.39 is 16.7 Å². The van der Waals surface area contributed by atoms with Crippen molar-refractivity contribution < 1.29 is 14.1 Å². The van der Waals surface area contributed by atoms with Gasteiger partial charge < -0.3 is 9.73 Å². The lowest BCUT2D eigenvalue weighted by molar-refractivity contribution is -0.402. The molecule has 0 unspecified atom stereocenters. The minimum absolute atomic E-state index is 0.0179. The highest BCUT2D eigenvalue weighted by Gasteiger charge is 2.35. The van der Waals surface area contributed by atoms with Crippen molar-refractivity contribution >= 4 is 27.7 Å². The van der Waals surface area contributed by atoms with Gasteiger partial charge in [-0.15, -0.1) is 0 Å². The smallest absolute Gasteiger partial charge is 0.395 e. The molecule has 1 amide bonds. The highest BCUT2D eigenvalue weighted by molar-refractivity contribution is 9.09. The van der Waals surface area contributed by atoms with Crippen LogP contribution < -0.4 is 5.32 Å². The number of carbonyl (C=O) groups is 1. The number of furan rings is 1. The number of rotatable bonds is 4. The van der Waals surface area contributed by atoms with E-state index in [2.05, 4.69) is 28.2 Å². The first-order valence-electron chi connectivity index (χ1n) is 6.58. The maximum absolute atomic E-state index is 12.1. The maximum Gasteiger partial charge on any atom is 0.433 e. The topological polar surface area (TPSA) is 85.4 Å². The summed E-state index contributed by atoms with van der Waals surface area (Å²) in [5.74, 6) is -0.160. The van der Waals surface area contributed by atoms with Crippen LogP contribution in [0.2, 0.25) is 0 Å². The molecule has 20 heavy (non-hydrogen) atoms. The summed E-state index contributed by atoms with van der Waals surface area (Å²) in [7, 11) is 0. The van der Waals surface area contributed by atoms with Gasteiger partial charge in [0.2, 0.25) is 0 Å². The fourth-order valence-corrected chi connectivity index (χ4v) is 3.16. The highest BCUT2D eigenvalue weighted by Crippen LogP contribution is 2.33. The molecule has 7 heteroatoms. The highest BCUT2D eigenvalue weighted by atomic mass is 79.9. The van der Waals surface area contributed by atoms with Gasteiger partial charge in [0.15, 0.2) is 5.76 Å². The van der Waals surface area contributed by atoms with Gasteiger partial charge in [-0.2, -0.15) is 0 Å². The van der Waals surface area contributed by atoms with Gasteiger partial charge >= 0.3 is 5.88 Å². The third kappa shape index (κ3) is 3.20. The minimum Gasteiger partial charge on any atom is -0.395 e. The van der Waals surface area contributed by atoms with E-state index >= 15 is 0 Å². The zero-order chi connectivity index (χ0) is 14.8. The van der Waals surface area contributed by atoms with Gasteiger partial charge in [0.1, 0.15) is 4.92 Å². The Kier molecular flexibility index (Phi) is 4.47. The lowest BCUT2D eigenvalue weighted by Gasteiger charge is -2.38. The molecule has 0 aliphatic heterocycles. The summed E-state index contributed by atoms with van der Waals surface area (Å²) in [4.78, 5) is 22.0. The van der Waals surface area contributed by atoms with Crippen LogP contribution in [0.1, 0.15) is 43.2 Å². The molecule has 0 spiro atoms.